The number of fused-ring (bicyclic) bond motifs is 1. The molecule has 1 aromatic heterocycles. The Morgan fingerprint density at radius 3 is 2.40 bits per heavy atom. The number of carboxylic acids is 1. The van der Waals surface area contributed by atoms with E-state index in [4.69, 9.17) is 22.9 Å². The lowest BCUT2D eigenvalue weighted by molar-refractivity contribution is -0.142. The third-order valence-corrected chi connectivity index (χ3v) is 5.60. The minimum atomic E-state index is -1.20. The van der Waals surface area contributed by atoms with E-state index in [2.05, 4.69) is 20.6 Å². The number of carbonyl (C=O) groups is 3. The number of nitrogens with two attached hydrogens (primary N) is 4. The van der Waals surface area contributed by atoms with Crippen LogP contribution in [0.1, 0.15) is 37.7 Å². The van der Waals surface area contributed by atoms with Gasteiger partial charge >= 0.3 is 5.97 Å². The van der Waals surface area contributed by atoms with Gasteiger partial charge in [0, 0.05) is 30.1 Å². The molecule has 2 aromatic rings. The number of guanidine groups is 1. The molecular formula is C23H36N8O4. The Bertz CT molecular complexity index is 1020. The standard InChI is InChI=1S/C23H36N8O4/c24-10-4-3-7-16(25)20(32)30-18(9-5-11-28-23(26)27)21(33)31-19(22(34)35)12-14-13-29-17-8-2-1-6-15(14)17/h1-2,6,8,13,16,18-19,29H,3-5,7,9-12,24-25H2,(H,30,32)(H,31,33)(H,34,35)(H4,26,27,28)/t16-,18+,19+/m0/s1. The lowest BCUT2D eigenvalue weighted by Gasteiger charge is -2.23. The average Bonchev–Trinajstić information content (AvgIpc) is 3.23. The molecule has 0 radical (unpaired) electrons. The molecule has 0 saturated heterocycles. The zero-order valence-electron chi connectivity index (χ0n) is 19.7. The van der Waals surface area contributed by atoms with Crippen LogP contribution >= 0.6 is 0 Å². The number of carboxylic acid groups (broad SMARTS) is 1. The van der Waals surface area contributed by atoms with Gasteiger partial charge in [-0.2, -0.15) is 0 Å². The Morgan fingerprint density at radius 2 is 1.71 bits per heavy atom. The van der Waals surface area contributed by atoms with E-state index in [1.807, 2.05) is 24.3 Å². The van der Waals surface area contributed by atoms with Gasteiger partial charge in [-0.05, 0) is 43.9 Å². The van der Waals surface area contributed by atoms with Crippen LogP contribution in [0.3, 0.4) is 0 Å². The molecule has 0 aliphatic carbocycles. The summed E-state index contributed by atoms with van der Waals surface area (Å²) in [5.41, 5.74) is 23.7. The van der Waals surface area contributed by atoms with Crippen molar-refractivity contribution in [3.05, 3.63) is 36.0 Å². The molecule has 0 unspecified atom stereocenters. The fourth-order valence-corrected chi connectivity index (χ4v) is 3.68. The van der Waals surface area contributed by atoms with Crippen LogP contribution in [-0.4, -0.2) is 65.0 Å². The number of para-hydroxylation sites is 1. The maximum absolute atomic E-state index is 13.1. The van der Waals surface area contributed by atoms with Crippen molar-refractivity contribution < 1.29 is 19.5 Å². The first-order valence-electron chi connectivity index (χ1n) is 11.6. The molecule has 12 N–H and O–H groups in total. The molecule has 1 aromatic carbocycles. The fourth-order valence-electron chi connectivity index (χ4n) is 3.68. The quantitative estimate of drug-likeness (QED) is 0.0903. The molecule has 1 heterocycles. The molecule has 0 fully saturated rings. The van der Waals surface area contributed by atoms with Gasteiger partial charge in [0.15, 0.2) is 5.96 Å². The first kappa shape index (κ1) is 27.6. The summed E-state index contributed by atoms with van der Waals surface area (Å²) in [5.74, 6) is -2.38. The molecule has 0 spiro atoms. The Hall–Kier alpha value is -3.64. The Balaban J connectivity index is 2.10. The van der Waals surface area contributed by atoms with Crippen LogP contribution in [0.25, 0.3) is 10.9 Å². The number of rotatable bonds is 15. The van der Waals surface area contributed by atoms with Gasteiger partial charge in [-0.15, -0.1) is 0 Å². The van der Waals surface area contributed by atoms with Gasteiger partial charge in [-0.3, -0.25) is 14.6 Å². The summed E-state index contributed by atoms with van der Waals surface area (Å²) in [7, 11) is 0. The predicted molar refractivity (Wildman–Crippen MR) is 134 cm³/mol. The molecule has 0 saturated carbocycles. The van der Waals surface area contributed by atoms with E-state index in [0.717, 1.165) is 22.9 Å². The van der Waals surface area contributed by atoms with E-state index in [1.165, 1.54) is 0 Å². The van der Waals surface area contributed by atoms with Gasteiger partial charge in [0.1, 0.15) is 12.1 Å². The SMILES string of the molecule is NCCCC[C@H](N)C(=O)N[C@H](CCCN=C(N)N)C(=O)N[C@H](Cc1c[nH]c2ccccc12)C(=O)O. The first-order chi connectivity index (χ1) is 16.7. The number of H-pyrrole nitrogens is 1. The van der Waals surface area contributed by atoms with Gasteiger partial charge in [-0.25, -0.2) is 4.79 Å². The van der Waals surface area contributed by atoms with E-state index >= 15 is 0 Å². The Morgan fingerprint density at radius 1 is 1.00 bits per heavy atom. The number of aliphatic imine (C=N–C) groups is 1. The third kappa shape index (κ3) is 8.91. The van der Waals surface area contributed by atoms with Crippen LogP contribution in [-0.2, 0) is 20.8 Å². The zero-order chi connectivity index (χ0) is 25.8. The first-order valence-corrected chi connectivity index (χ1v) is 11.6. The number of aliphatic carboxylic acids is 1. The molecular weight excluding hydrogens is 452 g/mol. The van der Waals surface area contributed by atoms with Crippen molar-refractivity contribution in [3.8, 4) is 0 Å². The van der Waals surface area contributed by atoms with Crippen molar-refractivity contribution >= 4 is 34.6 Å². The van der Waals surface area contributed by atoms with Crippen molar-refractivity contribution in [2.75, 3.05) is 13.1 Å². The van der Waals surface area contributed by atoms with Gasteiger partial charge in [-0.1, -0.05) is 24.6 Å². The van der Waals surface area contributed by atoms with E-state index in [9.17, 15) is 19.5 Å². The zero-order valence-corrected chi connectivity index (χ0v) is 19.7. The monoisotopic (exact) mass is 488 g/mol. The molecule has 2 amide bonds. The molecule has 12 heteroatoms. The molecule has 0 bridgehead atoms. The van der Waals surface area contributed by atoms with Crippen molar-refractivity contribution in [3.63, 3.8) is 0 Å². The number of amides is 2. The third-order valence-electron chi connectivity index (χ3n) is 5.60. The maximum Gasteiger partial charge on any atom is 0.326 e. The van der Waals surface area contributed by atoms with Gasteiger partial charge < -0.3 is 43.7 Å². The molecule has 2 rings (SSSR count). The highest BCUT2D eigenvalue weighted by Gasteiger charge is 2.28. The summed E-state index contributed by atoms with van der Waals surface area (Å²) >= 11 is 0. The number of aromatic nitrogens is 1. The summed E-state index contributed by atoms with van der Waals surface area (Å²) < 4.78 is 0. The van der Waals surface area contributed by atoms with E-state index in [1.54, 1.807) is 6.20 Å². The van der Waals surface area contributed by atoms with Crippen LogP contribution in [0.5, 0.6) is 0 Å². The second kappa shape index (κ2) is 13.9. The Labute approximate surface area is 203 Å². The molecule has 3 atom stereocenters. The number of benzene rings is 1. The number of nitrogens with one attached hydrogen (secondary N) is 3. The number of hydrogen-bond acceptors (Lipinski definition) is 6. The van der Waals surface area contributed by atoms with Gasteiger partial charge in [0.25, 0.3) is 0 Å². The highest BCUT2D eigenvalue weighted by atomic mass is 16.4. The van der Waals surface area contributed by atoms with Crippen LogP contribution in [0, 0.1) is 0 Å². The van der Waals surface area contributed by atoms with Crippen molar-refractivity contribution in [1.82, 2.24) is 15.6 Å². The van der Waals surface area contributed by atoms with Crippen LogP contribution in [0.2, 0.25) is 0 Å². The highest BCUT2D eigenvalue weighted by Crippen LogP contribution is 2.19. The minimum Gasteiger partial charge on any atom is -0.480 e. The minimum absolute atomic E-state index is 0.0678. The van der Waals surface area contributed by atoms with E-state index in [0.29, 0.717) is 25.8 Å². The Kier molecular flexibility index (Phi) is 11.0. The molecule has 0 aliphatic heterocycles. The van der Waals surface area contributed by atoms with Gasteiger partial charge in [0.05, 0.1) is 6.04 Å². The lowest BCUT2D eigenvalue weighted by Crippen LogP contribution is -2.54. The number of nitrogens with zero attached hydrogens (tertiary/aromatic N) is 1. The summed E-state index contributed by atoms with van der Waals surface area (Å²) in [6.45, 7) is 0.749. The summed E-state index contributed by atoms with van der Waals surface area (Å²) in [6, 6.07) is 4.48. The highest BCUT2D eigenvalue weighted by molar-refractivity contribution is 5.92. The van der Waals surface area contributed by atoms with E-state index in [-0.39, 0.29) is 25.3 Å². The number of hydrogen-bond donors (Lipinski definition) is 8. The normalized spacial score (nSPS) is 13.5. The second-order valence-corrected chi connectivity index (χ2v) is 8.36. The molecule has 12 nitrogen and oxygen atoms in total. The number of unbranched alkanes of at least 4 members (excludes halogenated alkanes) is 1. The second-order valence-electron chi connectivity index (χ2n) is 8.36. The average molecular weight is 489 g/mol. The molecule has 192 valence electrons. The number of aromatic amines is 1. The maximum atomic E-state index is 13.1. The van der Waals surface area contributed by atoms with Crippen molar-refractivity contribution in [2.24, 2.45) is 27.9 Å². The van der Waals surface area contributed by atoms with Crippen molar-refractivity contribution in [2.45, 2.75) is 56.7 Å². The summed E-state index contributed by atoms with van der Waals surface area (Å²) in [4.78, 5) is 44.6. The topological polar surface area (TPSA) is 228 Å². The largest absolute Gasteiger partial charge is 0.480 e. The molecule has 35 heavy (non-hydrogen) atoms. The van der Waals surface area contributed by atoms with Crippen LogP contribution < -0.4 is 33.6 Å². The van der Waals surface area contributed by atoms with Gasteiger partial charge in [0.2, 0.25) is 11.8 Å². The van der Waals surface area contributed by atoms with Crippen LogP contribution in [0.4, 0.5) is 0 Å². The van der Waals surface area contributed by atoms with Crippen LogP contribution in [0.15, 0.2) is 35.5 Å². The van der Waals surface area contributed by atoms with Crippen molar-refractivity contribution in [1.29, 1.82) is 0 Å². The van der Waals surface area contributed by atoms with E-state index < -0.39 is 35.9 Å². The fraction of sp³-hybridized carbons (Fsp3) is 0.478. The summed E-state index contributed by atoms with van der Waals surface area (Å²) in [5, 5.41) is 15.8. The molecule has 0 aliphatic rings. The predicted octanol–water partition coefficient (Wildman–Crippen LogP) is -0.725. The number of carbonyl (C=O) groups excluding carboxylic acids is 2. The smallest absolute Gasteiger partial charge is 0.326 e. The lowest BCUT2D eigenvalue weighted by atomic mass is 10.0. The summed E-state index contributed by atoms with van der Waals surface area (Å²) in [6.07, 6.45) is 4.21.